The summed E-state index contributed by atoms with van der Waals surface area (Å²) in [4.78, 5) is 12.4. The molecule has 0 atom stereocenters. The number of hydrogen-bond donors (Lipinski definition) is 1. The van der Waals surface area contributed by atoms with Crippen molar-refractivity contribution in [3.8, 4) is 34.7 Å². The molecule has 0 spiro atoms. The van der Waals surface area contributed by atoms with Crippen molar-refractivity contribution in [2.75, 3.05) is 0 Å². The van der Waals surface area contributed by atoms with Crippen LogP contribution in [0.2, 0.25) is 0 Å². The maximum absolute atomic E-state index is 12.4. The van der Waals surface area contributed by atoms with E-state index < -0.39 is 12.1 Å². The Labute approximate surface area is 167 Å². The van der Waals surface area contributed by atoms with E-state index in [9.17, 15) is 18.3 Å². The highest BCUT2D eigenvalue weighted by atomic mass is 19.4. The Morgan fingerprint density at radius 1 is 1.00 bits per heavy atom. The predicted molar refractivity (Wildman–Crippen MR) is 99.4 cm³/mol. The average Bonchev–Trinajstić information content (AvgIpc) is 3.08. The van der Waals surface area contributed by atoms with E-state index in [2.05, 4.69) is 19.7 Å². The van der Waals surface area contributed by atoms with E-state index >= 15 is 0 Å². The van der Waals surface area contributed by atoms with Crippen LogP contribution in [-0.2, 0) is 0 Å². The van der Waals surface area contributed by atoms with Crippen molar-refractivity contribution in [1.29, 1.82) is 0 Å². The summed E-state index contributed by atoms with van der Waals surface area (Å²) in [5, 5.41) is 9.91. The molecule has 4 aromatic rings. The minimum absolute atomic E-state index is 0.0561. The Balaban J connectivity index is 1.61. The second kappa shape index (κ2) is 7.21. The second-order valence-corrected chi connectivity index (χ2v) is 6.45. The molecule has 0 aliphatic carbocycles. The number of benzene rings is 2. The molecule has 0 unspecified atom stereocenters. The van der Waals surface area contributed by atoms with E-state index in [-0.39, 0.29) is 29.1 Å². The first kappa shape index (κ1) is 19.5. The molecule has 2 heterocycles. The van der Waals surface area contributed by atoms with Gasteiger partial charge in [-0.05, 0) is 49.2 Å². The second-order valence-electron chi connectivity index (χ2n) is 6.45. The summed E-state index contributed by atoms with van der Waals surface area (Å²) < 4.78 is 52.1. The number of rotatable bonds is 4. The van der Waals surface area contributed by atoms with Crippen molar-refractivity contribution >= 4 is 11.2 Å². The fraction of sp³-hybridized carbons (Fsp3) is 0.150. The van der Waals surface area contributed by atoms with Gasteiger partial charge in [0.1, 0.15) is 22.8 Å². The number of phenolic OH excluding ortho intramolecular Hbond substituents is 1. The highest BCUT2D eigenvalue weighted by Gasteiger charge is 2.31. The summed E-state index contributed by atoms with van der Waals surface area (Å²) in [5.74, 6) is 0.104. The van der Waals surface area contributed by atoms with Crippen LogP contribution in [0.25, 0.3) is 22.7 Å². The Hall–Kier alpha value is -3.82. The van der Waals surface area contributed by atoms with Crippen LogP contribution in [0.4, 0.5) is 13.2 Å². The summed E-state index contributed by atoms with van der Waals surface area (Å²) >= 11 is 0. The van der Waals surface area contributed by atoms with Gasteiger partial charge in [-0.15, -0.1) is 13.2 Å². The smallest absolute Gasteiger partial charge is 0.507 e. The van der Waals surface area contributed by atoms with Crippen LogP contribution in [0.1, 0.15) is 11.1 Å². The Kier molecular flexibility index (Phi) is 4.69. The summed E-state index contributed by atoms with van der Waals surface area (Å²) in [5.41, 5.74) is 2.50. The molecule has 2 aromatic carbocycles. The van der Waals surface area contributed by atoms with Gasteiger partial charge in [0, 0.05) is 11.6 Å². The monoisotopic (exact) mass is 417 g/mol. The van der Waals surface area contributed by atoms with Crippen LogP contribution in [0, 0.1) is 13.8 Å². The zero-order valence-electron chi connectivity index (χ0n) is 15.7. The first-order valence-electron chi connectivity index (χ1n) is 8.66. The topological polar surface area (TPSA) is 90.5 Å². The third kappa shape index (κ3) is 4.12. The first-order chi connectivity index (χ1) is 14.2. The van der Waals surface area contributed by atoms with Crippen molar-refractivity contribution in [2.45, 2.75) is 20.2 Å². The van der Waals surface area contributed by atoms with E-state index in [4.69, 9.17) is 9.15 Å². The van der Waals surface area contributed by atoms with E-state index in [1.807, 2.05) is 0 Å². The van der Waals surface area contributed by atoms with E-state index in [0.29, 0.717) is 22.2 Å². The number of oxazole rings is 1. The van der Waals surface area contributed by atoms with Gasteiger partial charge in [0.2, 0.25) is 5.89 Å². The van der Waals surface area contributed by atoms with Gasteiger partial charge >= 0.3 is 12.4 Å². The summed E-state index contributed by atoms with van der Waals surface area (Å²) in [6.07, 6.45) is -3.43. The molecule has 0 aliphatic heterocycles. The predicted octanol–water partition coefficient (Wildman–Crippen LogP) is 5.30. The first-order valence-corrected chi connectivity index (χ1v) is 8.66. The SMILES string of the molecule is Cc1cc(-c2nc3cnc(Oc4cccc(OC(F)(F)F)c4)nc3o2)cc(C)c1O. The number of aromatic nitrogens is 3. The van der Waals surface area contributed by atoms with Crippen LogP contribution in [0.15, 0.2) is 47.0 Å². The minimum Gasteiger partial charge on any atom is -0.507 e. The number of phenols is 1. The van der Waals surface area contributed by atoms with Gasteiger partial charge in [-0.3, -0.25) is 0 Å². The van der Waals surface area contributed by atoms with Gasteiger partial charge in [0.15, 0.2) is 0 Å². The van der Waals surface area contributed by atoms with Crippen LogP contribution in [0.3, 0.4) is 0 Å². The molecule has 1 N–H and O–H groups in total. The third-order valence-corrected chi connectivity index (χ3v) is 4.12. The molecule has 154 valence electrons. The van der Waals surface area contributed by atoms with Crippen molar-refractivity contribution in [2.24, 2.45) is 0 Å². The largest absolute Gasteiger partial charge is 0.573 e. The fourth-order valence-electron chi connectivity index (χ4n) is 2.81. The Morgan fingerprint density at radius 3 is 2.40 bits per heavy atom. The third-order valence-electron chi connectivity index (χ3n) is 4.12. The molecule has 10 heteroatoms. The van der Waals surface area contributed by atoms with Gasteiger partial charge in [-0.25, -0.2) is 9.97 Å². The Morgan fingerprint density at radius 2 is 1.70 bits per heavy atom. The molecule has 0 aliphatic rings. The lowest BCUT2D eigenvalue weighted by molar-refractivity contribution is -0.274. The number of ether oxygens (including phenoxy) is 2. The van der Waals surface area contributed by atoms with Crippen molar-refractivity contribution in [3.05, 3.63) is 53.7 Å². The number of alkyl halides is 3. The minimum atomic E-state index is -4.81. The number of aryl methyl sites for hydroxylation is 2. The van der Waals surface area contributed by atoms with Crippen molar-refractivity contribution < 1.29 is 32.2 Å². The molecule has 0 bridgehead atoms. The standard InChI is InChI=1S/C20H14F3N3O4/c1-10-6-12(7-11(2)16(10)27)17-25-15-9-24-19(26-18(15)29-17)28-13-4-3-5-14(8-13)30-20(21,22)23/h3-9,27H,1-2H3. The quantitative estimate of drug-likeness (QED) is 0.482. The van der Waals surface area contributed by atoms with Gasteiger partial charge in [-0.2, -0.15) is 4.98 Å². The van der Waals surface area contributed by atoms with E-state index in [1.54, 1.807) is 26.0 Å². The van der Waals surface area contributed by atoms with Gasteiger partial charge in [-0.1, -0.05) is 6.07 Å². The number of halogens is 3. The molecule has 0 amide bonds. The number of aromatic hydroxyl groups is 1. The maximum atomic E-state index is 12.4. The zero-order valence-corrected chi connectivity index (χ0v) is 15.7. The van der Waals surface area contributed by atoms with Crippen LogP contribution in [0.5, 0.6) is 23.3 Å². The highest BCUT2D eigenvalue weighted by Crippen LogP contribution is 2.31. The van der Waals surface area contributed by atoms with Crippen molar-refractivity contribution in [1.82, 2.24) is 15.0 Å². The maximum Gasteiger partial charge on any atom is 0.573 e. The summed E-state index contributed by atoms with van der Waals surface area (Å²) in [6.45, 7) is 3.52. The molecule has 2 aromatic heterocycles. The number of fused-ring (bicyclic) bond motifs is 1. The molecule has 0 saturated carbocycles. The highest BCUT2D eigenvalue weighted by molar-refractivity contribution is 5.72. The number of nitrogens with zero attached hydrogens (tertiary/aromatic N) is 3. The molecule has 0 radical (unpaired) electrons. The van der Waals surface area contributed by atoms with Gasteiger partial charge in [0.25, 0.3) is 5.71 Å². The van der Waals surface area contributed by atoms with Crippen molar-refractivity contribution in [3.63, 3.8) is 0 Å². The Bertz CT molecular complexity index is 1210. The van der Waals surface area contributed by atoms with Crippen LogP contribution < -0.4 is 9.47 Å². The van der Waals surface area contributed by atoms with Gasteiger partial charge < -0.3 is 19.0 Å². The average molecular weight is 417 g/mol. The molecule has 30 heavy (non-hydrogen) atoms. The van der Waals surface area contributed by atoms with E-state index in [1.165, 1.54) is 18.3 Å². The van der Waals surface area contributed by atoms with Gasteiger partial charge in [0.05, 0.1) is 6.20 Å². The number of hydrogen-bond acceptors (Lipinski definition) is 7. The van der Waals surface area contributed by atoms with Crippen LogP contribution >= 0.6 is 0 Å². The molecule has 4 rings (SSSR count). The van der Waals surface area contributed by atoms with Crippen LogP contribution in [-0.4, -0.2) is 26.4 Å². The molecule has 0 fully saturated rings. The lowest BCUT2D eigenvalue weighted by Crippen LogP contribution is -2.17. The summed E-state index contributed by atoms with van der Waals surface area (Å²) in [7, 11) is 0. The van der Waals surface area contributed by atoms with E-state index in [0.717, 1.165) is 12.1 Å². The lowest BCUT2D eigenvalue weighted by atomic mass is 10.1. The summed E-state index contributed by atoms with van der Waals surface area (Å²) in [6, 6.07) is 8.31. The lowest BCUT2D eigenvalue weighted by Gasteiger charge is -2.09. The normalized spacial score (nSPS) is 11.6. The molecular weight excluding hydrogens is 403 g/mol. The molecule has 0 saturated heterocycles. The molecule has 7 nitrogen and oxygen atoms in total. The zero-order chi connectivity index (χ0) is 21.5. The molecular formula is C20H14F3N3O4. The fourth-order valence-corrected chi connectivity index (χ4v) is 2.81.